The summed E-state index contributed by atoms with van der Waals surface area (Å²) < 4.78 is 0. The van der Waals surface area contributed by atoms with Crippen molar-refractivity contribution in [3.05, 3.63) is 29.3 Å². The van der Waals surface area contributed by atoms with Crippen LogP contribution in [-0.4, -0.2) is 37.5 Å². The van der Waals surface area contributed by atoms with Crippen LogP contribution in [0.5, 0.6) is 0 Å². The van der Waals surface area contributed by atoms with Crippen molar-refractivity contribution in [2.24, 2.45) is 0 Å². The molecule has 3 nitrogen and oxygen atoms in total. The minimum absolute atomic E-state index is 0.131. The summed E-state index contributed by atoms with van der Waals surface area (Å²) in [5, 5.41) is 0.666. The maximum atomic E-state index is 11.8. The summed E-state index contributed by atoms with van der Waals surface area (Å²) in [6.07, 6.45) is 0. The van der Waals surface area contributed by atoms with E-state index in [-0.39, 0.29) is 5.91 Å². The van der Waals surface area contributed by atoms with Gasteiger partial charge in [0.1, 0.15) is 0 Å². The second kappa shape index (κ2) is 9.82. The number of likely N-dealkylation sites (N-methyl/N-ethyl adjacent to an activating group) is 1. The zero-order valence-electron chi connectivity index (χ0n) is 12.6. The second-order valence-electron chi connectivity index (χ2n) is 3.76. The lowest BCUT2D eigenvalue weighted by Gasteiger charge is -2.32. The number of carbonyl (C=O) groups excluding carboxylic acids is 1. The highest BCUT2D eigenvalue weighted by molar-refractivity contribution is 6.30. The van der Waals surface area contributed by atoms with Crippen LogP contribution in [0.3, 0.4) is 0 Å². The predicted molar refractivity (Wildman–Crippen MR) is 84.0 cm³/mol. The molecule has 0 bridgehead atoms. The Morgan fingerprint density at radius 3 is 2.26 bits per heavy atom. The number of amides is 1. The average molecular weight is 285 g/mol. The molecular weight excluding hydrogens is 260 g/mol. The quantitative estimate of drug-likeness (QED) is 0.785. The number of rotatable bonds is 1. The topological polar surface area (TPSA) is 23.6 Å². The fraction of sp³-hybridized carbons (Fsp3) is 0.533. The Labute approximate surface area is 122 Å². The molecule has 0 spiro atoms. The number of hydrogen-bond donors (Lipinski definition) is 0. The molecule has 0 unspecified atom stereocenters. The first-order chi connectivity index (χ1) is 9.16. The molecule has 1 aromatic carbocycles. The maximum Gasteiger partial charge on any atom is 0.241 e. The van der Waals surface area contributed by atoms with E-state index in [2.05, 4.69) is 0 Å². The van der Waals surface area contributed by atoms with Gasteiger partial charge < -0.3 is 4.90 Å². The van der Waals surface area contributed by atoms with Crippen molar-refractivity contribution in [3.63, 3.8) is 0 Å². The molecule has 1 heterocycles. The number of halogens is 1. The van der Waals surface area contributed by atoms with Crippen molar-refractivity contribution in [1.29, 1.82) is 0 Å². The van der Waals surface area contributed by atoms with Gasteiger partial charge in [0.25, 0.3) is 0 Å². The summed E-state index contributed by atoms with van der Waals surface area (Å²) in [4.78, 5) is 15.6. The fourth-order valence-corrected chi connectivity index (χ4v) is 1.89. The Morgan fingerprint density at radius 1 is 1.11 bits per heavy atom. The van der Waals surface area contributed by atoms with Gasteiger partial charge in [-0.2, -0.15) is 0 Å². The van der Waals surface area contributed by atoms with E-state index in [4.69, 9.17) is 11.6 Å². The molecule has 1 fully saturated rings. The van der Waals surface area contributed by atoms with Crippen LogP contribution in [0.1, 0.15) is 27.7 Å². The summed E-state index contributed by atoms with van der Waals surface area (Å²) in [5.41, 5.74) is 0.889. The van der Waals surface area contributed by atoms with Gasteiger partial charge in [-0.25, -0.2) is 0 Å². The molecule has 1 aliphatic rings. The van der Waals surface area contributed by atoms with E-state index in [0.717, 1.165) is 18.8 Å². The highest BCUT2D eigenvalue weighted by Gasteiger charge is 2.22. The van der Waals surface area contributed by atoms with Crippen LogP contribution in [-0.2, 0) is 4.79 Å². The van der Waals surface area contributed by atoms with E-state index in [0.29, 0.717) is 11.6 Å². The molecule has 0 atom stereocenters. The molecule has 1 saturated heterocycles. The van der Waals surface area contributed by atoms with Crippen LogP contribution in [0.4, 0.5) is 5.69 Å². The van der Waals surface area contributed by atoms with Crippen LogP contribution >= 0.6 is 11.6 Å². The highest BCUT2D eigenvalue weighted by atomic mass is 35.5. The highest BCUT2D eigenvalue weighted by Crippen LogP contribution is 2.20. The molecule has 0 aromatic heterocycles. The fourth-order valence-electron chi connectivity index (χ4n) is 1.71. The molecule has 1 aliphatic heterocycles. The van der Waals surface area contributed by atoms with Gasteiger partial charge in [-0.1, -0.05) is 45.4 Å². The third-order valence-electron chi connectivity index (χ3n) is 2.53. The molecule has 1 aromatic rings. The van der Waals surface area contributed by atoms with Gasteiger partial charge in [-0.15, -0.1) is 0 Å². The Kier molecular flexibility index (Phi) is 9.27. The largest absolute Gasteiger partial charge is 0.310 e. The standard InChI is InChI=1S/C11H13ClN2O.2C2H6/c1-13-5-6-14(11(15)8-13)10-4-2-3-9(12)7-10;2*1-2/h2-4,7H,5-6,8H2,1H3;2*1-2H3. The van der Waals surface area contributed by atoms with Crippen molar-refractivity contribution in [3.8, 4) is 0 Å². The van der Waals surface area contributed by atoms with Crippen LogP contribution in [0.2, 0.25) is 5.02 Å². The van der Waals surface area contributed by atoms with E-state index >= 15 is 0 Å². The molecule has 0 radical (unpaired) electrons. The van der Waals surface area contributed by atoms with Crippen LogP contribution in [0.15, 0.2) is 24.3 Å². The molecular formula is C15H25ClN2O. The van der Waals surface area contributed by atoms with E-state index in [1.165, 1.54) is 0 Å². The summed E-state index contributed by atoms with van der Waals surface area (Å²) in [6, 6.07) is 7.41. The molecule has 0 N–H and O–H groups in total. The lowest BCUT2D eigenvalue weighted by Crippen LogP contribution is -2.48. The molecule has 0 saturated carbocycles. The van der Waals surface area contributed by atoms with Gasteiger partial charge in [0.05, 0.1) is 6.54 Å². The third kappa shape index (κ3) is 5.62. The number of nitrogens with zero attached hydrogens (tertiary/aromatic N) is 2. The average Bonchev–Trinajstić information content (AvgIpc) is 2.43. The minimum atomic E-state index is 0.131. The van der Waals surface area contributed by atoms with Crippen molar-refractivity contribution < 1.29 is 4.79 Å². The Balaban J connectivity index is 0.000000741. The SMILES string of the molecule is CC.CC.CN1CCN(c2cccc(Cl)c2)C(=O)C1. The zero-order valence-corrected chi connectivity index (χ0v) is 13.4. The van der Waals surface area contributed by atoms with Crippen LogP contribution in [0, 0.1) is 0 Å². The van der Waals surface area contributed by atoms with E-state index in [1.807, 2.05) is 63.9 Å². The summed E-state index contributed by atoms with van der Waals surface area (Å²) >= 11 is 5.89. The number of piperazine rings is 1. The lowest BCUT2D eigenvalue weighted by atomic mass is 10.2. The van der Waals surface area contributed by atoms with Gasteiger partial charge in [0.2, 0.25) is 5.91 Å². The molecule has 108 valence electrons. The summed E-state index contributed by atoms with van der Waals surface area (Å²) in [5.74, 6) is 0.131. The first kappa shape index (κ1) is 17.9. The number of carbonyl (C=O) groups is 1. The van der Waals surface area contributed by atoms with Gasteiger partial charge in [0.15, 0.2) is 0 Å². The van der Waals surface area contributed by atoms with E-state index < -0.39 is 0 Å². The second-order valence-corrected chi connectivity index (χ2v) is 4.20. The van der Waals surface area contributed by atoms with Crippen LogP contribution in [0.25, 0.3) is 0 Å². The van der Waals surface area contributed by atoms with Crippen molar-refractivity contribution in [2.45, 2.75) is 27.7 Å². The predicted octanol–water partition coefficient (Wildman–Crippen LogP) is 3.67. The van der Waals surface area contributed by atoms with Crippen molar-refractivity contribution in [1.82, 2.24) is 4.90 Å². The van der Waals surface area contributed by atoms with Gasteiger partial charge in [-0.3, -0.25) is 9.69 Å². The number of anilines is 1. The molecule has 0 aliphatic carbocycles. The molecule has 4 heteroatoms. The Bertz CT molecular complexity index is 382. The smallest absolute Gasteiger partial charge is 0.241 e. The monoisotopic (exact) mass is 284 g/mol. The van der Waals surface area contributed by atoms with Crippen LogP contribution < -0.4 is 4.90 Å². The first-order valence-electron chi connectivity index (χ1n) is 6.91. The normalized spacial score (nSPS) is 15.1. The number of hydrogen-bond acceptors (Lipinski definition) is 2. The summed E-state index contributed by atoms with van der Waals surface area (Å²) in [7, 11) is 1.95. The molecule has 2 rings (SSSR count). The van der Waals surface area contributed by atoms with Crippen molar-refractivity contribution in [2.75, 3.05) is 31.6 Å². The maximum absolute atomic E-state index is 11.8. The Hall–Kier alpha value is -1.06. The lowest BCUT2D eigenvalue weighted by molar-refractivity contribution is -0.120. The van der Waals surface area contributed by atoms with Gasteiger partial charge in [0, 0.05) is 23.8 Å². The number of benzene rings is 1. The van der Waals surface area contributed by atoms with E-state index in [9.17, 15) is 4.79 Å². The van der Waals surface area contributed by atoms with Gasteiger partial charge >= 0.3 is 0 Å². The van der Waals surface area contributed by atoms with E-state index in [1.54, 1.807) is 4.90 Å². The van der Waals surface area contributed by atoms with Gasteiger partial charge in [-0.05, 0) is 25.2 Å². The molecule has 19 heavy (non-hydrogen) atoms. The first-order valence-corrected chi connectivity index (χ1v) is 7.29. The van der Waals surface area contributed by atoms with Crippen molar-refractivity contribution >= 4 is 23.2 Å². The summed E-state index contributed by atoms with van der Waals surface area (Å²) in [6.45, 7) is 10.1. The third-order valence-corrected chi connectivity index (χ3v) is 2.77. The Morgan fingerprint density at radius 2 is 1.74 bits per heavy atom. The minimum Gasteiger partial charge on any atom is -0.310 e. The zero-order chi connectivity index (χ0) is 14.8. The molecule has 1 amide bonds.